The summed E-state index contributed by atoms with van der Waals surface area (Å²) in [4.78, 5) is 2.01. The third kappa shape index (κ3) is 4.92. The maximum atomic E-state index is 13.6. The van der Waals surface area contributed by atoms with Gasteiger partial charge in [0, 0.05) is 23.1 Å². The molecule has 0 aliphatic rings. The molecule has 0 bridgehead atoms. The van der Waals surface area contributed by atoms with Crippen molar-refractivity contribution >= 4 is 15.9 Å². The van der Waals surface area contributed by atoms with E-state index in [0.717, 1.165) is 10.0 Å². The van der Waals surface area contributed by atoms with Crippen molar-refractivity contribution in [1.29, 1.82) is 0 Å². The Hall–Kier alpha value is -1.23. The lowest BCUT2D eigenvalue weighted by atomic mass is 10.1. The van der Waals surface area contributed by atoms with Crippen LogP contribution in [-0.4, -0.2) is 23.6 Å². The first-order valence-corrected chi connectivity index (χ1v) is 7.71. The highest BCUT2D eigenvalue weighted by atomic mass is 79.9. The van der Waals surface area contributed by atoms with Gasteiger partial charge in [-0.25, -0.2) is 4.39 Å². The van der Waals surface area contributed by atoms with E-state index in [1.165, 1.54) is 6.07 Å². The second-order valence-electron chi connectivity index (χ2n) is 5.19. The average molecular weight is 352 g/mol. The Morgan fingerprint density at radius 1 is 1.19 bits per heavy atom. The molecule has 0 aliphatic heterocycles. The van der Waals surface area contributed by atoms with Crippen LogP contribution in [0.2, 0.25) is 0 Å². The normalized spacial score (nSPS) is 12.6. The first kappa shape index (κ1) is 16.1. The molecule has 0 saturated carbocycles. The molecule has 0 radical (unpaired) electrons. The Morgan fingerprint density at radius 2 is 1.95 bits per heavy atom. The Morgan fingerprint density at radius 3 is 2.67 bits per heavy atom. The van der Waals surface area contributed by atoms with Gasteiger partial charge in [-0.2, -0.15) is 0 Å². The lowest BCUT2D eigenvalue weighted by molar-refractivity contribution is 0.147. The minimum absolute atomic E-state index is 0.183. The summed E-state index contributed by atoms with van der Waals surface area (Å²) in [5.74, 6) is -0.183. The summed E-state index contributed by atoms with van der Waals surface area (Å²) in [6, 6.07) is 14.5. The van der Waals surface area contributed by atoms with E-state index in [0.29, 0.717) is 25.1 Å². The summed E-state index contributed by atoms with van der Waals surface area (Å²) in [6.07, 6.45) is 0.104. The van der Waals surface area contributed by atoms with E-state index >= 15 is 0 Å². The smallest absolute Gasteiger partial charge is 0.127 e. The van der Waals surface area contributed by atoms with Crippen LogP contribution in [0.3, 0.4) is 0 Å². The Bertz CT molecular complexity index is 591. The molecule has 2 nitrogen and oxygen atoms in total. The molecule has 0 saturated heterocycles. The van der Waals surface area contributed by atoms with Crippen LogP contribution in [0, 0.1) is 5.82 Å². The summed E-state index contributed by atoms with van der Waals surface area (Å²) < 4.78 is 14.5. The van der Waals surface area contributed by atoms with Crippen molar-refractivity contribution in [1.82, 2.24) is 4.90 Å². The van der Waals surface area contributed by atoms with E-state index in [9.17, 15) is 9.50 Å². The quantitative estimate of drug-likeness (QED) is 0.845. The number of benzene rings is 2. The Balaban J connectivity index is 1.86. The molecule has 0 aromatic heterocycles. The molecule has 4 heteroatoms. The van der Waals surface area contributed by atoms with Crippen LogP contribution in [0.4, 0.5) is 4.39 Å². The fourth-order valence-corrected chi connectivity index (χ4v) is 2.64. The van der Waals surface area contributed by atoms with Gasteiger partial charge in [0.05, 0.1) is 6.10 Å². The van der Waals surface area contributed by atoms with Crippen molar-refractivity contribution in [2.75, 3.05) is 13.6 Å². The Kier molecular flexibility index (Phi) is 5.91. The fraction of sp³-hybridized carbons (Fsp3) is 0.294. The van der Waals surface area contributed by atoms with Crippen LogP contribution in [0.1, 0.15) is 23.7 Å². The van der Waals surface area contributed by atoms with Crippen molar-refractivity contribution in [2.24, 2.45) is 0 Å². The minimum Gasteiger partial charge on any atom is -0.388 e. The van der Waals surface area contributed by atoms with Crippen molar-refractivity contribution in [3.8, 4) is 0 Å². The van der Waals surface area contributed by atoms with Crippen LogP contribution in [-0.2, 0) is 6.54 Å². The van der Waals surface area contributed by atoms with Gasteiger partial charge in [0.25, 0.3) is 0 Å². The zero-order valence-corrected chi connectivity index (χ0v) is 13.6. The average Bonchev–Trinajstić information content (AvgIpc) is 2.47. The number of nitrogens with zero attached hydrogens (tertiary/aromatic N) is 1. The second kappa shape index (κ2) is 7.69. The predicted molar refractivity (Wildman–Crippen MR) is 86.5 cm³/mol. The molecule has 0 heterocycles. The maximum Gasteiger partial charge on any atom is 0.127 e. The molecule has 2 aromatic rings. The molecule has 2 aromatic carbocycles. The van der Waals surface area contributed by atoms with E-state index in [2.05, 4.69) is 15.9 Å². The van der Waals surface area contributed by atoms with Gasteiger partial charge in [-0.1, -0.05) is 46.3 Å². The monoisotopic (exact) mass is 351 g/mol. The highest BCUT2D eigenvalue weighted by molar-refractivity contribution is 9.10. The molecular formula is C17H19BrFNO. The van der Waals surface area contributed by atoms with Gasteiger partial charge in [-0.15, -0.1) is 0 Å². The molecule has 1 N–H and O–H groups in total. The van der Waals surface area contributed by atoms with Gasteiger partial charge in [0.1, 0.15) is 5.82 Å². The van der Waals surface area contributed by atoms with Crippen molar-refractivity contribution in [3.05, 3.63) is 69.9 Å². The molecule has 0 amide bonds. The van der Waals surface area contributed by atoms with Gasteiger partial charge in [-0.3, -0.25) is 0 Å². The van der Waals surface area contributed by atoms with Gasteiger partial charge < -0.3 is 10.0 Å². The van der Waals surface area contributed by atoms with Crippen LogP contribution in [0.25, 0.3) is 0 Å². The predicted octanol–water partition coefficient (Wildman–Crippen LogP) is 4.14. The molecular weight excluding hydrogens is 333 g/mol. The molecule has 1 atom stereocenters. The standard InChI is InChI=1S/C17H19BrFNO/c1-20(12-14-5-2-3-8-16(14)19)10-9-17(21)13-6-4-7-15(18)11-13/h2-8,11,17,21H,9-10,12H2,1H3. The minimum atomic E-state index is -0.509. The van der Waals surface area contributed by atoms with Gasteiger partial charge >= 0.3 is 0 Å². The summed E-state index contributed by atoms with van der Waals surface area (Å²) >= 11 is 3.40. The zero-order chi connectivity index (χ0) is 15.2. The molecule has 0 fully saturated rings. The molecule has 21 heavy (non-hydrogen) atoms. The second-order valence-corrected chi connectivity index (χ2v) is 6.10. The number of aliphatic hydroxyl groups excluding tert-OH is 1. The van der Waals surface area contributed by atoms with E-state index in [1.807, 2.05) is 42.3 Å². The van der Waals surface area contributed by atoms with Crippen LogP contribution in [0.5, 0.6) is 0 Å². The van der Waals surface area contributed by atoms with E-state index in [1.54, 1.807) is 12.1 Å². The molecule has 2 rings (SSSR count). The largest absolute Gasteiger partial charge is 0.388 e. The number of hydrogen-bond donors (Lipinski definition) is 1. The third-order valence-electron chi connectivity index (χ3n) is 3.42. The summed E-state index contributed by atoms with van der Waals surface area (Å²) in [7, 11) is 1.93. The SMILES string of the molecule is CN(CCC(O)c1cccc(Br)c1)Cc1ccccc1F. The van der Waals surface area contributed by atoms with E-state index in [-0.39, 0.29) is 5.82 Å². The lowest BCUT2D eigenvalue weighted by Crippen LogP contribution is -2.21. The lowest BCUT2D eigenvalue weighted by Gasteiger charge is -2.19. The topological polar surface area (TPSA) is 23.5 Å². The van der Waals surface area contributed by atoms with Crippen molar-refractivity contribution in [2.45, 2.75) is 19.1 Å². The van der Waals surface area contributed by atoms with E-state index in [4.69, 9.17) is 0 Å². The first-order chi connectivity index (χ1) is 10.1. The number of aliphatic hydroxyl groups is 1. The summed E-state index contributed by atoms with van der Waals surface area (Å²) in [5, 5.41) is 10.2. The summed E-state index contributed by atoms with van der Waals surface area (Å²) in [6.45, 7) is 1.24. The third-order valence-corrected chi connectivity index (χ3v) is 3.91. The molecule has 0 spiro atoms. The fourth-order valence-electron chi connectivity index (χ4n) is 2.22. The van der Waals surface area contributed by atoms with E-state index < -0.39 is 6.10 Å². The molecule has 112 valence electrons. The Labute approximate surface area is 133 Å². The first-order valence-electron chi connectivity index (χ1n) is 6.92. The van der Waals surface area contributed by atoms with Crippen LogP contribution >= 0.6 is 15.9 Å². The molecule has 0 aliphatic carbocycles. The van der Waals surface area contributed by atoms with Crippen LogP contribution < -0.4 is 0 Å². The summed E-state index contributed by atoms with van der Waals surface area (Å²) in [5.41, 5.74) is 1.57. The van der Waals surface area contributed by atoms with Crippen molar-refractivity contribution < 1.29 is 9.50 Å². The molecule has 1 unspecified atom stereocenters. The number of halogens is 2. The highest BCUT2D eigenvalue weighted by Gasteiger charge is 2.10. The van der Waals surface area contributed by atoms with Gasteiger partial charge in [-0.05, 0) is 37.2 Å². The van der Waals surface area contributed by atoms with Crippen molar-refractivity contribution in [3.63, 3.8) is 0 Å². The highest BCUT2D eigenvalue weighted by Crippen LogP contribution is 2.21. The maximum absolute atomic E-state index is 13.6. The van der Waals surface area contributed by atoms with Gasteiger partial charge in [0.2, 0.25) is 0 Å². The zero-order valence-electron chi connectivity index (χ0n) is 12.0. The number of hydrogen-bond acceptors (Lipinski definition) is 2. The van der Waals surface area contributed by atoms with Crippen LogP contribution in [0.15, 0.2) is 53.0 Å². The number of rotatable bonds is 6. The van der Waals surface area contributed by atoms with Gasteiger partial charge in [0.15, 0.2) is 0 Å².